The second kappa shape index (κ2) is 10.9. The Labute approximate surface area is 223 Å². The number of halogens is 1. The molecule has 2 N–H and O–H groups in total. The first-order valence-corrected chi connectivity index (χ1v) is 13.8. The number of H-pyrrole nitrogens is 1. The van der Waals surface area contributed by atoms with E-state index >= 15 is 0 Å². The second-order valence-corrected chi connectivity index (χ2v) is 11.5. The van der Waals surface area contributed by atoms with Crippen molar-refractivity contribution in [2.45, 2.75) is 65.1 Å². The fourth-order valence-corrected chi connectivity index (χ4v) is 5.65. The molecule has 3 fully saturated rings. The van der Waals surface area contributed by atoms with Crippen LogP contribution in [-0.2, 0) is 9.53 Å². The van der Waals surface area contributed by atoms with Crippen LogP contribution in [0.3, 0.4) is 0 Å². The number of Topliss-reactive ketones (excluding diaryl/α,β-unsaturated/α-hetero) is 1. The van der Waals surface area contributed by atoms with Gasteiger partial charge in [0.1, 0.15) is 23.4 Å². The molecule has 2 saturated heterocycles. The molecule has 3 heterocycles. The molecule has 2 bridgehead atoms. The number of fused-ring (bicyclic) bond motifs is 2. The van der Waals surface area contributed by atoms with Gasteiger partial charge in [0.15, 0.2) is 5.78 Å². The van der Waals surface area contributed by atoms with E-state index in [0.29, 0.717) is 42.5 Å². The maximum absolute atomic E-state index is 13.6. The van der Waals surface area contributed by atoms with Gasteiger partial charge in [-0.3, -0.25) is 9.59 Å². The molecule has 202 valence electrons. The fourth-order valence-electron chi connectivity index (χ4n) is 5.65. The lowest BCUT2D eigenvalue weighted by Crippen LogP contribution is -2.41. The Balaban J connectivity index is 1.32. The summed E-state index contributed by atoms with van der Waals surface area (Å²) in [6.45, 7) is 7.19. The predicted octanol–water partition coefficient (Wildman–Crippen LogP) is 5.28. The van der Waals surface area contributed by atoms with Crippen LogP contribution in [0.2, 0.25) is 0 Å². The molecule has 2 aromatic rings. The molecule has 1 aromatic carbocycles. The number of aromatic amines is 1. The number of allylic oxidation sites excluding steroid dienone is 2. The number of nitrogens with zero attached hydrogens (tertiary/aromatic N) is 2. The van der Waals surface area contributed by atoms with Crippen LogP contribution in [-0.4, -0.2) is 57.6 Å². The molecule has 3 aliphatic rings. The predicted molar refractivity (Wildman–Crippen MR) is 143 cm³/mol. The molecule has 1 aliphatic carbocycles. The van der Waals surface area contributed by atoms with E-state index in [9.17, 15) is 14.0 Å². The van der Waals surface area contributed by atoms with Crippen LogP contribution in [0.15, 0.2) is 36.5 Å². The Hall–Kier alpha value is -3.13. The number of nitrogens with one attached hydrogen (secondary N) is 2. The third kappa shape index (κ3) is 5.80. The highest BCUT2D eigenvalue weighted by atomic mass is 19.1. The maximum atomic E-state index is 13.6. The zero-order valence-corrected chi connectivity index (χ0v) is 22.4. The number of rotatable bonds is 7. The number of amides is 1. The minimum Gasteiger partial charge on any atom is -0.365 e. The molecule has 0 radical (unpaired) electrons. The van der Waals surface area contributed by atoms with Gasteiger partial charge in [-0.05, 0) is 78.0 Å². The van der Waals surface area contributed by atoms with Gasteiger partial charge >= 0.3 is 0 Å². The first kappa shape index (κ1) is 26.5. The molecule has 2 aliphatic heterocycles. The van der Waals surface area contributed by atoms with Gasteiger partial charge in [0, 0.05) is 19.5 Å². The zero-order valence-electron chi connectivity index (χ0n) is 22.4. The van der Waals surface area contributed by atoms with Gasteiger partial charge in [-0.25, -0.2) is 9.37 Å². The van der Waals surface area contributed by atoms with Gasteiger partial charge in [0.2, 0.25) is 0 Å². The highest BCUT2D eigenvalue weighted by Crippen LogP contribution is 2.39. The highest BCUT2D eigenvalue weighted by molar-refractivity contribution is 6.10. The van der Waals surface area contributed by atoms with E-state index in [0.717, 1.165) is 18.4 Å². The maximum Gasteiger partial charge on any atom is 0.272 e. The highest BCUT2D eigenvalue weighted by Gasteiger charge is 2.42. The number of aromatic nitrogens is 2. The smallest absolute Gasteiger partial charge is 0.272 e. The molecular weight excluding hydrogens is 483 g/mol. The summed E-state index contributed by atoms with van der Waals surface area (Å²) in [7, 11) is 0. The van der Waals surface area contributed by atoms with Crippen LogP contribution in [0.4, 0.5) is 4.39 Å². The van der Waals surface area contributed by atoms with Gasteiger partial charge in [0.25, 0.3) is 5.91 Å². The van der Waals surface area contributed by atoms with Gasteiger partial charge in [-0.2, -0.15) is 0 Å². The number of carbonyl (C=O) groups excluding carboxylic acids is 2. The Morgan fingerprint density at radius 3 is 2.68 bits per heavy atom. The van der Waals surface area contributed by atoms with Crippen LogP contribution < -0.4 is 0 Å². The fraction of sp³-hybridized carbons (Fsp3) is 0.533. The van der Waals surface area contributed by atoms with E-state index in [1.807, 2.05) is 18.7 Å². The number of hydrogen-bond donors (Lipinski definition) is 2. The minimum absolute atomic E-state index is 0.0428. The Kier molecular flexibility index (Phi) is 7.61. The summed E-state index contributed by atoms with van der Waals surface area (Å²) >= 11 is 0. The number of carbonyl (C=O) groups is 2. The van der Waals surface area contributed by atoms with Crippen molar-refractivity contribution < 1.29 is 18.7 Å². The van der Waals surface area contributed by atoms with Gasteiger partial charge in [-0.15, -0.1) is 0 Å². The van der Waals surface area contributed by atoms with Crippen molar-refractivity contribution in [3.8, 4) is 0 Å². The van der Waals surface area contributed by atoms with Gasteiger partial charge in [-0.1, -0.05) is 33.6 Å². The van der Waals surface area contributed by atoms with E-state index in [1.165, 1.54) is 25.0 Å². The summed E-state index contributed by atoms with van der Waals surface area (Å²) in [6, 6.07) is 5.83. The van der Waals surface area contributed by atoms with Crippen LogP contribution >= 0.6 is 0 Å². The average Bonchev–Trinajstić information content (AvgIpc) is 3.63. The van der Waals surface area contributed by atoms with E-state index in [2.05, 4.69) is 16.9 Å². The number of likely N-dealkylation sites (tertiary alicyclic amines) is 1. The molecule has 4 unspecified atom stereocenters. The van der Waals surface area contributed by atoms with E-state index < -0.39 is 0 Å². The van der Waals surface area contributed by atoms with Crippen molar-refractivity contribution in [2.24, 2.45) is 23.7 Å². The molecule has 1 amide bonds. The summed E-state index contributed by atoms with van der Waals surface area (Å²) in [5, 5.41) is 8.48. The Morgan fingerprint density at radius 2 is 2.00 bits per heavy atom. The lowest BCUT2D eigenvalue weighted by atomic mass is 9.84. The Bertz CT molecular complexity index is 1230. The Morgan fingerprint density at radius 1 is 1.26 bits per heavy atom. The van der Waals surface area contributed by atoms with Crippen LogP contribution in [0.5, 0.6) is 0 Å². The zero-order chi connectivity index (χ0) is 27.0. The summed E-state index contributed by atoms with van der Waals surface area (Å²) in [4.78, 5) is 36.0. The minimum atomic E-state index is -0.346. The summed E-state index contributed by atoms with van der Waals surface area (Å²) in [5.41, 5.74) is 2.04. The van der Waals surface area contributed by atoms with Crippen molar-refractivity contribution in [1.29, 1.82) is 5.41 Å². The van der Waals surface area contributed by atoms with Crippen molar-refractivity contribution in [3.05, 3.63) is 59.4 Å². The summed E-state index contributed by atoms with van der Waals surface area (Å²) in [5.74, 6) is 1.38. The molecule has 7 nitrogen and oxygen atoms in total. The van der Waals surface area contributed by atoms with Crippen molar-refractivity contribution in [2.75, 3.05) is 13.1 Å². The van der Waals surface area contributed by atoms with Crippen LogP contribution in [0.25, 0.3) is 5.57 Å². The molecule has 5 rings (SSSR count). The first-order valence-electron chi connectivity index (χ1n) is 13.8. The molecule has 0 spiro atoms. The number of ether oxygens (including phenoxy) is 1. The van der Waals surface area contributed by atoms with E-state index in [1.54, 1.807) is 24.4 Å². The lowest BCUT2D eigenvalue weighted by molar-refractivity contribution is -0.134. The van der Waals surface area contributed by atoms with Gasteiger partial charge in [0.05, 0.1) is 18.0 Å². The second-order valence-electron chi connectivity index (χ2n) is 11.5. The standard InChI is InChI=1S/C30H37FN4O3/c1-17(2)23(14-24(32)20-6-8-22(31)9-7-20)29-33-15-25(34-29)30(37)35-11-10-21-13-26(36)27(12-19-4-5-19)38-28(16-35)18(21)3/h6-9,14-15,17-19,21,27-28,32H,4-5,10-13,16H2,1-3H3,(H,33,34)/b23-14-,32-24?. The number of imidazole rings is 1. The van der Waals surface area contributed by atoms with Crippen molar-refractivity contribution in [1.82, 2.24) is 14.9 Å². The largest absolute Gasteiger partial charge is 0.365 e. The monoisotopic (exact) mass is 520 g/mol. The quantitative estimate of drug-likeness (QED) is 0.485. The van der Waals surface area contributed by atoms with Crippen LogP contribution in [0, 0.1) is 34.9 Å². The van der Waals surface area contributed by atoms with Crippen molar-refractivity contribution in [3.63, 3.8) is 0 Å². The third-order valence-corrected chi connectivity index (χ3v) is 8.35. The SMILES string of the molecule is CC(C)/C(=C/C(=N)c1ccc(F)cc1)c1ncc(C(=O)N2CCC3CC(=O)C(CC4CC4)OC(C2)C3C)[nH]1. The molecular formula is C30H37FN4O3. The molecule has 8 heteroatoms. The molecule has 1 aromatic heterocycles. The molecule has 4 atom stereocenters. The number of benzene rings is 1. The third-order valence-electron chi connectivity index (χ3n) is 8.35. The lowest BCUT2D eigenvalue weighted by Gasteiger charge is -2.29. The van der Waals surface area contributed by atoms with Crippen LogP contribution in [0.1, 0.15) is 74.8 Å². The van der Waals surface area contributed by atoms with E-state index in [4.69, 9.17) is 10.1 Å². The van der Waals surface area contributed by atoms with Crippen molar-refractivity contribution >= 4 is 23.0 Å². The normalized spacial score (nSPS) is 26.3. The molecule has 38 heavy (non-hydrogen) atoms. The summed E-state index contributed by atoms with van der Waals surface area (Å²) < 4.78 is 19.7. The number of hydrogen-bond acceptors (Lipinski definition) is 5. The molecule has 1 saturated carbocycles. The van der Waals surface area contributed by atoms with E-state index in [-0.39, 0.29) is 53.2 Å². The number of ketones is 1. The first-order chi connectivity index (χ1) is 18.2. The topological polar surface area (TPSA) is 99.1 Å². The average molecular weight is 521 g/mol. The summed E-state index contributed by atoms with van der Waals surface area (Å²) in [6.07, 6.45) is 7.26. The van der Waals surface area contributed by atoms with Gasteiger partial charge < -0.3 is 20.0 Å².